The van der Waals surface area contributed by atoms with E-state index in [4.69, 9.17) is 11.6 Å². The van der Waals surface area contributed by atoms with Crippen molar-refractivity contribution in [2.45, 2.75) is 0 Å². The molecule has 2 nitrogen and oxygen atoms in total. The van der Waals surface area contributed by atoms with E-state index < -0.39 is 0 Å². The van der Waals surface area contributed by atoms with Gasteiger partial charge in [-0.2, -0.15) is 0 Å². The van der Waals surface area contributed by atoms with E-state index in [1.807, 2.05) is 0 Å². The summed E-state index contributed by atoms with van der Waals surface area (Å²) < 4.78 is 13.9. The van der Waals surface area contributed by atoms with Gasteiger partial charge in [-0.25, -0.2) is 14.4 Å². The highest BCUT2D eigenvalue weighted by Crippen LogP contribution is 2.24. The van der Waals surface area contributed by atoms with Crippen molar-refractivity contribution in [1.82, 2.24) is 9.97 Å². The molecule has 1 aromatic heterocycles. The van der Waals surface area contributed by atoms with E-state index in [9.17, 15) is 4.39 Å². The number of benzene rings is 1. The van der Waals surface area contributed by atoms with Crippen molar-refractivity contribution in [1.29, 1.82) is 0 Å². The molecule has 0 bridgehead atoms. The summed E-state index contributed by atoms with van der Waals surface area (Å²) in [5.41, 5.74) is 0.486. The van der Waals surface area contributed by atoms with Crippen LogP contribution in [-0.4, -0.2) is 9.97 Å². The SMILES string of the molecule is Fc1ccc(Br)c2nc(Cl)ncc12. The first-order valence-corrected chi connectivity index (χ1v) is 4.62. The average molecular weight is 261 g/mol. The van der Waals surface area contributed by atoms with E-state index in [0.717, 1.165) is 0 Å². The minimum atomic E-state index is -0.352. The maximum Gasteiger partial charge on any atom is 0.222 e. The van der Waals surface area contributed by atoms with E-state index >= 15 is 0 Å². The molecule has 0 amide bonds. The second-order valence-corrected chi connectivity index (χ2v) is 3.62. The third kappa shape index (κ3) is 1.51. The molecule has 0 N–H and O–H groups in total. The monoisotopic (exact) mass is 260 g/mol. The van der Waals surface area contributed by atoms with Gasteiger partial charge in [0.2, 0.25) is 5.28 Å². The molecule has 13 heavy (non-hydrogen) atoms. The van der Waals surface area contributed by atoms with Crippen LogP contribution < -0.4 is 0 Å². The van der Waals surface area contributed by atoms with Crippen LogP contribution in [0.25, 0.3) is 10.9 Å². The van der Waals surface area contributed by atoms with Gasteiger partial charge in [0.25, 0.3) is 0 Å². The fourth-order valence-corrected chi connectivity index (χ4v) is 1.60. The summed E-state index contributed by atoms with van der Waals surface area (Å²) in [7, 11) is 0. The lowest BCUT2D eigenvalue weighted by molar-refractivity contribution is 0.639. The summed E-state index contributed by atoms with van der Waals surface area (Å²) in [4.78, 5) is 7.61. The van der Waals surface area contributed by atoms with Crippen molar-refractivity contribution in [3.63, 3.8) is 0 Å². The molecule has 5 heteroatoms. The Morgan fingerprint density at radius 1 is 1.38 bits per heavy atom. The standard InChI is InChI=1S/C8H3BrClFN2/c9-5-1-2-6(11)4-3-12-8(10)13-7(4)5/h1-3H. The van der Waals surface area contributed by atoms with Crippen molar-refractivity contribution >= 4 is 38.4 Å². The first-order chi connectivity index (χ1) is 6.18. The van der Waals surface area contributed by atoms with Crippen LogP contribution in [0, 0.1) is 5.82 Å². The number of nitrogens with zero attached hydrogens (tertiary/aromatic N) is 2. The van der Waals surface area contributed by atoms with Crippen LogP contribution in [0.3, 0.4) is 0 Å². The fourth-order valence-electron chi connectivity index (χ4n) is 1.03. The second kappa shape index (κ2) is 3.20. The van der Waals surface area contributed by atoms with Crippen LogP contribution in [0.4, 0.5) is 4.39 Å². The summed E-state index contributed by atoms with van der Waals surface area (Å²) in [5, 5.41) is 0.470. The van der Waals surface area contributed by atoms with Gasteiger partial charge in [-0.15, -0.1) is 0 Å². The Morgan fingerprint density at radius 3 is 2.92 bits per heavy atom. The number of rotatable bonds is 0. The van der Waals surface area contributed by atoms with E-state index in [0.29, 0.717) is 15.4 Å². The van der Waals surface area contributed by atoms with Crippen LogP contribution in [0.1, 0.15) is 0 Å². The zero-order chi connectivity index (χ0) is 9.42. The summed E-state index contributed by atoms with van der Waals surface area (Å²) in [6.45, 7) is 0. The summed E-state index contributed by atoms with van der Waals surface area (Å²) in [6.07, 6.45) is 1.37. The molecule has 0 saturated carbocycles. The smallest absolute Gasteiger partial charge is 0.222 e. The molecule has 0 unspecified atom stereocenters. The maximum absolute atomic E-state index is 13.2. The van der Waals surface area contributed by atoms with Gasteiger partial charge in [-0.3, -0.25) is 0 Å². The Balaban J connectivity index is 2.92. The molecule has 0 atom stereocenters. The quantitative estimate of drug-likeness (QED) is 0.681. The van der Waals surface area contributed by atoms with Crippen LogP contribution in [0.15, 0.2) is 22.8 Å². The van der Waals surface area contributed by atoms with Gasteiger partial charge in [0.1, 0.15) is 5.82 Å². The Labute approximate surface area is 86.9 Å². The molecule has 0 fully saturated rings. The topological polar surface area (TPSA) is 25.8 Å². The molecule has 0 aliphatic heterocycles. The van der Waals surface area contributed by atoms with Crippen molar-refractivity contribution in [3.05, 3.63) is 33.9 Å². The van der Waals surface area contributed by atoms with Gasteiger partial charge in [0.05, 0.1) is 10.9 Å². The normalized spacial score (nSPS) is 10.7. The Bertz CT molecular complexity index is 475. The zero-order valence-electron chi connectivity index (χ0n) is 6.26. The number of hydrogen-bond acceptors (Lipinski definition) is 2. The van der Waals surface area contributed by atoms with E-state index in [1.165, 1.54) is 12.3 Å². The molecule has 0 aliphatic rings. The van der Waals surface area contributed by atoms with Gasteiger partial charge >= 0.3 is 0 Å². The Kier molecular flexibility index (Phi) is 2.17. The molecular formula is C8H3BrClFN2. The molecule has 66 valence electrons. The van der Waals surface area contributed by atoms with Gasteiger partial charge in [0, 0.05) is 10.7 Å². The maximum atomic E-state index is 13.2. The lowest BCUT2D eigenvalue weighted by Crippen LogP contribution is -1.88. The fraction of sp³-hybridized carbons (Fsp3) is 0. The highest BCUT2D eigenvalue weighted by Gasteiger charge is 2.06. The van der Waals surface area contributed by atoms with E-state index in [-0.39, 0.29) is 11.1 Å². The minimum absolute atomic E-state index is 0.110. The first kappa shape index (κ1) is 8.84. The molecule has 2 aromatic rings. The first-order valence-electron chi connectivity index (χ1n) is 3.45. The number of halogens is 3. The summed E-state index contributed by atoms with van der Waals surface area (Å²) in [6, 6.07) is 2.94. The van der Waals surface area contributed by atoms with Crippen LogP contribution in [-0.2, 0) is 0 Å². The second-order valence-electron chi connectivity index (χ2n) is 2.43. The van der Waals surface area contributed by atoms with Crippen molar-refractivity contribution < 1.29 is 4.39 Å². The highest BCUT2D eigenvalue weighted by molar-refractivity contribution is 9.10. The average Bonchev–Trinajstić information content (AvgIpc) is 2.12. The summed E-state index contributed by atoms with van der Waals surface area (Å²) >= 11 is 8.83. The van der Waals surface area contributed by atoms with Gasteiger partial charge < -0.3 is 0 Å². The Morgan fingerprint density at radius 2 is 2.15 bits per heavy atom. The number of aromatic nitrogens is 2. The van der Waals surface area contributed by atoms with Crippen molar-refractivity contribution in [3.8, 4) is 0 Å². The molecule has 0 saturated heterocycles. The third-order valence-corrected chi connectivity index (χ3v) is 2.44. The molecule has 1 aromatic carbocycles. The zero-order valence-corrected chi connectivity index (χ0v) is 8.60. The molecule has 0 aliphatic carbocycles. The van der Waals surface area contributed by atoms with Crippen LogP contribution in [0.5, 0.6) is 0 Å². The molecular weight excluding hydrogens is 258 g/mol. The highest BCUT2D eigenvalue weighted by atomic mass is 79.9. The van der Waals surface area contributed by atoms with Crippen LogP contribution in [0.2, 0.25) is 5.28 Å². The van der Waals surface area contributed by atoms with Crippen LogP contribution >= 0.6 is 27.5 Å². The summed E-state index contributed by atoms with van der Waals surface area (Å²) in [5.74, 6) is -0.352. The predicted molar refractivity (Wildman–Crippen MR) is 52.2 cm³/mol. The lowest BCUT2D eigenvalue weighted by Gasteiger charge is -2.00. The number of fused-ring (bicyclic) bond motifs is 1. The van der Waals surface area contributed by atoms with Gasteiger partial charge in [0.15, 0.2) is 0 Å². The third-order valence-electron chi connectivity index (χ3n) is 1.62. The molecule has 2 rings (SSSR count). The van der Waals surface area contributed by atoms with Gasteiger partial charge in [-0.05, 0) is 39.7 Å². The Hall–Kier alpha value is -0.740. The van der Waals surface area contributed by atoms with Gasteiger partial charge in [-0.1, -0.05) is 0 Å². The van der Waals surface area contributed by atoms with Crippen molar-refractivity contribution in [2.24, 2.45) is 0 Å². The lowest BCUT2D eigenvalue weighted by atomic mass is 10.2. The number of hydrogen-bond donors (Lipinski definition) is 0. The molecule has 1 heterocycles. The largest absolute Gasteiger partial charge is 0.226 e. The molecule has 0 radical (unpaired) electrons. The minimum Gasteiger partial charge on any atom is -0.226 e. The predicted octanol–water partition coefficient (Wildman–Crippen LogP) is 3.18. The van der Waals surface area contributed by atoms with E-state index in [1.54, 1.807) is 6.07 Å². The van der Waals surface area contributed by atoms with E-state index in [2.05, 4.69) is 25.9 Å². The molecule has 0 spiro atoms. The van der Waals surface area contributed by atoms with Crippen molar-refractivity contribution in [2.75, 3.05) is 0 Å².